The lowest BCUT2D eigenvalue weighted by atomic mass is 9.54. The van der Waals surface area contributed by atoms with Crippen molar-refractivity contribution in [3.63, 3.8) is 0 Å². The smallest absolute Gasteiger partial charge is 0.347 e. The number of phenols is 1. The first-order chi connectivity index (χ1) is 30.8. The molecule has 2 N–H and O–H groups in total. The van der Waals surface area contributed by atoms with E-state index in [0.717, 1.165) is 9.58 Å². The second kappa shape index (κ2) is 16.1. The van der Waals surface area contributed by atoms with Crippen molar-refractivity contribution in [1.29, 1.82) is 0 Å². The van der Waals surface area contributed by atoms with Gasteiger partial charge in [0.15, 0.2) is 23.0 Å². The van der Waals surface area contributed by atoms with Crippen LogP contribution in [0.15, 0.2) is 111 Å². The molecule has 1 saturated heterocycles. The third kappa shape index (κ3) is 6.56. The van der Waals surface area contributed by atoms with Crippen LogP contribution in [0, 0.1) is 17.7 Å². The van der Waals surface area contributed by atoms with Crippen molar-refractivity contribution >= 4 is 46.2 Å². The number of aromatic nitrogens is 5. The first-order valence-electron chi connectivity index (χ1n) is 20.3. The number of hydrogen-bond donors (Lipinski definition) is 2. The van der Waals surface area contributed by atoms with Crippen molar-refractivity contribution in [2.75, 3.05) is 26.8 Å². The van der Waals surface area contributed by atoms with Crippen LogP contribution in [0.5, 0.6) is 23.0 Å². The summed E-state index contributed by atoms with van der Waals surface area (Å²) in [6.07, 6.45) is 5.21. The fourth-order valence-corrected chi connectivity index (χ4v) is 9.62. The summed E-state index contributed by atoms with van der Waals surface area (Å²) in [6, 6.07) is 19.0. The van der Waals surface area contributed by atoms with Gasteiger partial charge in [0, 0.05) is 43.1 Å². The number of hydrogen-bond acceptors (Lipinski definition) is 11. The number of aryl methyl sites for hydroxylation is 2. The number of hydrazine groups is 1. The number of amides is 2. The van der Waals surface area contributed by atoms with E-state index in [1.807, 2.05) is 6.08 Å². The standard InChI is InChI=1S/C46H41ClFN7O9/c1-51-36-24-40(64-4)39(63-3)23-34(36)49-33(42(51)58)18-19-52-44(60)53-20-17-30-31(15-5-25-6-16-37(56)38(21-25)62-2)46(26-7-9-27(47)10-8-26)32(22-35(30)55(53)45(52)61)41(57)54(43(46)59)50-29-13-11-28(48)12-14-29/h5-17,21,23-24,31-32,35,50,56H,18-20,22H2,1-4H3. The second-order valence-corrected chi connectivity index (χ2v) is 16.2. The Morgan fingerprint density at radius 1 is 0.906 bits per heavy atom. The lowest BCUT2D eigenvalue weighted by Crippen LogP contribution is -2.54. The van der Waals surface area contributed by atoms with E-state index in [0.29, 0.717) is 44.3 Å². The largest absolute Gasteiger partial charge is 0.504 e. The number of carbonyl (C=O) groups excluding carboxylic acids is 2. The van der Waals surface area contributed by atoms with Gasteiger partial charge in [-0.2, -0.15) is 5.01 Å². The summed E-state index contributed by atoms with van der Waals surface area (Å²) in [5, 5.41) is 11.7. The molecule has 6 aromatic rings. The van der Waals surface area contributed by atoms with Crippen LogP contribution in [0.4, 0.5) is 10.1 Å². The van der Waals surface area contributed by atoms with Crippen molar-refractivity contribution in [1.82, 2.24) is 28.5 Å². The van der Waals surface area contributed by atoms with Crippen LogP contribution >= 0.6 is 11.6 Å². The van der Waals surface area contributed by atoms with Crippen LogP contribution < -0.4 is 36.6 Å². The van der Waals surface area contributed by atoms with Crippen LogP contribution in [0.25, 0.3) is 17.1 Å². The summed E-state index contributed by atoms with van der Waals surface area (Å²) in [5.74, 6) is -2.78. The minimum Gasteiger partial charge on any atom is -0.504 e. The zero-order valence-electron chi connectivity index (χ0n) is 35.0. The molecule has 4 unspecified atom stereocenters. The van der Waals surface area contributed by atoms with Gasteiger partial charge in [0.25, 0.3) is 17.4 Å². The van der Waals surface area contributed by atoms with E-state index in [9.17, 15) is 28.7 Å². The molecule has 2 aromatic heterocycles. The van der Waals surface area contributed by atoms with E-state index in [2.05, 4.69) is 10.4 Å². The Morgan fingerprint density at radius 2 is 1.61 bits per heavy atom. The van der Waals surface area contributed by atoms with Crippen LogP contribution in [0.3, 0.4) is 0 Å². The van der Waals surface area contributed by atoms with Gasteiger partial charge < -0.3 is 23.9 Å². The van der Waals surface area contributed by atoms with Crippen molar-refractivity contribution < 1.29 is 33.3 Å². The topological polar surface area (TPSA) is 181 Å². The molecule has 16 nitrogen and oxygen atoms in total. The van der Waals surface area contributed by atoms with Gasteiger partial charge in [-0.3, -0.25) is 19.8 Å². The van der Waals surface area contributed by atoms with E-state index in [1.165, 1.54) is 65.6 Å². The number of fused-ring (bicyclic) bond motifs is 5. The molecular formula is C46H41ClFN7O9. The van der Waals surface area contributed by atoms with Crippen molar-refractivity contribution in [2.24, 2.45) is 18.9 Å². The van der Waals surface area contributed by atoms with Gasteiger partial charge in [-0.1, -0.05) is 48.0 Å². The maximum absolute atomic E-state index is 15.3. The van der Waals surface area contributed by atoms with Gasteiger partial charge in [0.2, 0.25) is 0 Å². The quantitative estimate of drug-likeness (QED) is 0.132. The molecule has 328 valence electrons. The molecule has 1 aliphatic carbocycles. The van der Waals surface area contributed by atoms with Crippen molar-refractivity contribution in [2.45, 2.75) is 37.4 Å². The van der Waals surface area contributed by atoms with Crippen molar-refractivity contribution in [3.05, 3.63) is 156 Å². The number of halogens is 2. The summed E-state index contributed by atoms with van der Waals surface area (Å²) < 4.78 is 35.3. The maximum atomic E-state index is 15.3. The first kappa shape index (κ1) is 41.9. The van der Waals surface area contributed by atoms with Gasteiger partial charge >= 0.3 is 11.4 Å². The molecule has 4 aromatic carbocycles. The molecule has 4 heterocycles. The third-order valence-electron chi connectivity index (χ3n) is 12.6. The van der Waals surface area contributed by atoms with Gasteiger partial charge in [0.05, 0.1) is 62.0 Å². The van der Waals surface area contributed by atoms with Gasteiger partial charge in [-0.15, -0.1) is 0 Å². The summed E-state index contributed by atoms with van der Waals surface area (Å²) in [6.45, 7) is -0.242. The zero-order chi connectivity index (χ0) is 45.2. The third-order valence-corrected chi connectivity index (χ3v) is 12.8. The van der Waals surface area contributed by atoms with E-state index < -0.39 is 57.9 Å². The molecule has 0 spiro atoms. The number of rotatable bonds is 11. The molecule has 4 atom stereocenters. The number of phenolic OH excluding ortho intramolecular Hbond substituents is 1. The van der Waals surface area contributed by atoms with E-state index in [4.69, 9.17) is 25.8 Å². The molecule has 64 heavy (non-hydrogen) atoms. The number of nitrogens with zero attached hydrogens (tertiary/aromatic N) is 6. The monoisotopic (exact) mass is 889 g/mol. The fraction of sp³-hybridized carbons (Fsp3) is 0.261. The second-order valence-electron chi connectivity index (χ2n) is 15.8. The number of carbonyl (C=O) groups is 2. The molecular weight excluding hydrogens is 849 g/mol. The predicted octanol–water partition coefficient (Wildman–Crippen LogP) is 4.99. The zero-order valence-corrected chi connectivity index (χ0v) is 35.7. The number of allylic oxidation sites excluding steroid dienone is 3. The summed E-state index contributed by atoms with van der Waals surface area (Å²) in [7, 11) is 5.98. The Morgan fingerprint density at radius 3 is 2.31 bits per heavy atom. The number of aromatic hydroxyl groups is 1. The highest BCUT2D eigenvalue weighted by Crippen LogP contribution is 2.59. The number of ether oxygens (including phenoxy) is 3. The molecule has 1 saturated carbocycles. The fourth-order valence-electron chi connectivity index (χ4n) is 9.50. The van der Waals surface area contributed by atoms with Gasteiger partial charge in [-0.05, 0) is 71.7 Å². The number of benzene rings is 4. The van der Waals surface area contributed by atoms with Gasteiger partial charge in [0.1, 0.15) is 11.5 Å². The minimum atomic E-state index is -1.61. The molecule has 9 rings (SSSR count). The van der Waals surface area contributed by atoms with Crippen molar-refractivity contribution in [3.8, 4) is 23.0 Å². The highest BCUT2D eigenvalue weighted by Gasteiger charge is 2.68. The summed E-state index contributed by atoms with van der Waals surface area (Å²) in [4.78, 5) is 77.2. The Bertz CT molecular complexity index is 3140. The average Bonchev–Trinajstić information content (AvgIpc) is 3.67. The predicted molar refractivity (Wildman–Crippen MR) is 234 cm³/mol. The van der Waals surface area contributed by atoms with E-state index in [-0.39, 0.29) is 48.8 Å². The number of imide groups is 1. The maximum Gasteiger partial charge on any atom is 0.347 e. The molecule has 2 aliphatic heterocycles. The van der Waals surface area contributed by atoms with E-state index in [1.54, 1.807) is 67.7 Å². The molecule has 18 heteroatoms. The Kier molecular flexibility index (Phi) is 10.5. The Balaban J connectivity index is 1.16. The average molecular weight is 890 g/mol. The molecule has 2 fully saturated rings. The highest BCUT2D eigenvalue weighted by molar-refractivity contribution is 6.30. The number of anilines is 1. The SMILES string of the molecule is COc1cc(C=CC2C3=CCn4c(=O)n(CCc5nc6cc(OC)c(OC)cc6n(C)c5=O)c(=O)n4C3CC3C(=O)N(Nc4ccc(F)cc4)C(=O)C23c2ccc(Cl)cc2)ccc1O. The Hall–Kier alpha value is -7.40. The summed E-state index contributed by atoms with van der Waals surface area (Å²) in [5.41, 5.74) is 2.60. The molecule has 2 amide bonds. The van der Waals surface area contributed by atoms with Crippen LogP contribution in [-0.2, 0) is 41.6 Å². The molecule has 0 bridgehead atoms. The number of methoxy groups -OCH3 is 3. The Labute approximate surface area is 368 Å². The summed E-state index contributed by atoms with van der Waals surface area (Å²) >= 11 is 6.39. The van der Waals surface area contributed by atoms with Crippen LogP contribution in [0.1, 0.15) is 29.3 Å². The van der Waals surface area contributed by atoms with E-state index >= 15 is 4.79 Å². The number of nitrogens with one attached hydrogen (secondary N) is 1. The lowest BCUT2D eigenvalue weighted by molar-refractivity contribution is -0.138. The lowest BCUT2D eigenvalue weighted by Gasteiger charge is -2.47. The minimum absolute atomic E-state index is 0.0526. The highest BCUT2D eigenvalue weighted by atomic mass is 35.5. The van der Waals surface area contributed by atoms with Crippen LogP contribution in [-0.4, -0.2) is 66.7 Å². The van der Waals surface area contributed by atoms with Crippen LogP contribution in [0.2, 0.25) is 5.02 Å². The molecule has 0 radical (unpaired) electrons. The van der Waals surface area contributed by atoms with Gasteiger partial charge in [-0.25, -0.2) is 32.9 Å². The first-order valence-corrected chi connectivity index (χ1v) is 20.6. The molecule has 3 aliphatic rings. The normalized spacial score (nSPS) is 20.2.